The summed E-state index contributed by atoms with van der Waals surface area (Å²) >= 11 is 2.16. The SMILES string of the molecule is Ic1conc1-c1ccccn1. The van der Waals surface area contributed by atoms with E-state index in [2.05, 4.69) is 32.7 Å². The second-order valence-corrected chi connectivity index (χ2v) is 3.39. The Hall–Kier alpha value is -0.910. The Balaban J connectivity index is 2.51. The molecule has 4 heteroatoms. The van der Waals surface area contributed by atoms with Crippen LogP contribution in [-0.4, -0.2) is 10.1 Å². The molecule has 3 nitrogen and oxygen atoms in total. The molecule has 0 amide bonds. The summed E-state index contributed by atoms with van der Waals surface area (Å²) in [4.78, 5) is 4.15. The monoisotopic (exact) mass is 272 g/mol. The molecule has 0 aliphatic carbocycles. The molecule has 0 atom stereocenters. The van der Waals surface area contributed by atoms with Crippen LogP contribution in [0.2, 0.25) is 0 Å². The van der Waals surface area contributed by atoms with E-state index in [0.717, 1.165) is 15.0 Å². The van der Waals surface area contributed by atoms with Crippen molar-refractivity contribution in [3.8, 4) is 11.4 Å². The Labute approximate surface area is 82.9 Å². The van der Waals surface area contributed by atoms with Crippen LogP contribution >= 0.6 is 22.6 Å². The zero-order chi connectivity index (χ0) is 8.39. The van der Waals surface area contributed by atoms with E-state index in [4.69, 9.17) is 4.52 Å². The molecule has 0 spiro atoms. The zero-order valence-electron chi connectivity index (χ0n) is 6.07. The van der Waals surface area contributed by atoms with E-state index < -0.39 is 0 Å². The van der Waals surface area contributed by atoms with E-state index in [1.54, 1.807) is 12.5 Å². The standard InChI is InChI=1S/C8H5IN2O/c9-6-5-12-11-8(6)7-3-1-2-4-10-7/h1-5H. The van der Waals surface area contributed by atoms with Gasteiger partial charge in [0.2, 0.25) is 0 Å². The van der Waals surface area contributed by atoms with Crippen LogP contribution in [0.1, 0.15) is 0 Å². The van der Waals surface area contributed by atoms with Crippen molar-refractivity contribution >= 4 is 22.6 Å². The molecule has 2 heterocycles. The molecule has 0 aliphatic heterocycles. The van der Waals surface area contributed by atoms with Crippen LogP contribution in [0.15, 0.2) is 35.2 Å². The first-order valence-electron chi connectivity index (χ1n) is 3.39. The first kappa shape index (κ1) is 7.72. The molecule has 0 aromatic carbocycles. The molecule has 2 aromatic rings. The van der Waals surface area contributed by atoms with E-state index in [1.807, 2.05) is 18.2 Å². The summed E-state index contributed by atoms with van der Waals surface area (Å²) in [7, 11) is 0. The highest BCUT2D eigenvalue weighted by Gasteiger charge is 2.06. The maximum atomic E-state index is 4.80. The lowest BCUT2D eigenvalue weighted by atomic mass is 10.3. The van der Waals surface area contributed by atoms with Gasteiger partial charge in [0, 0.05) is 6.20 Å². The lowest BCUT2D eigenvalue weighted by molar-refractivity contribution is 0.421. The first-order chi connectivity index (χ1) is 5.88. The minimum atomic E-state index is 0.802. The van der Waals surface area contributed by atoms with Gasteiger partial charge in [-0.15, -0.1) is 0 Å². The average molecular weight is 272 g/mol. The van der Waals surface area contributed by atoms with Gasteiger partial charge in [-0.25, -0.2) is 0 Å². The van der Waals surface area contributed by atoms with Crippen molar-refractivity contribution < 1.29 is 4.52 Å². The molecular weight excluding hydrogens is 267 g/mol. The van der Waals surface area contributed by atoms with Crippen molar-refractivity contribution in [1.29, 1.82) is 0 Å². The Bertz CT molecular complexity index is 372. The molecule has 0 aliphatic rings. The normalized spacial score (nSPS) is 10.1. The van der Waals surface area contributed by atoms with Crippen molar-refractivity contribution in [3.63, 3.8) is 0 Å². The fraction of sp³-hybridized carbons (Fsp3) is 0. The summed E-state index contributed by atoms with van der Waals surface area (Å²) in [6.45, 7) is 0. The summed E-state index contributed by atoms with van der Waals surface area (Å²) in [5.41, 5.74) is 1.65. The molecule has 0 unspecified atom stereocenters. The van der Waals surface area contributed by atoms with Gasteiger partial charge in [0.1, 0.15) is 12.0 Å². The highest BCUT2D eigenvalue weighted by atomic mass is 127. The highest BCUT2D eigenvalue weighted by molar-refractivity contribution is 14.1. The Morgan fingerprint density at radius 2 is 2.25 bits per heavy atom. The minimum Gasteiger partial charge on any atom is -0.363 e. The van der Waals surface area contributed by atoms with Gasteiger partial charge in [-0.2, -0.15) is 0 Å². The average Bonchev–Trinajstić information content (AvgIpc) is 2.53. The molecule has 2 aromatic heterocycles. The molecule has 60 valence electrons. The van der Waals surface area contributed by atoms with Crippen molar-refractivity contribution in [2.45, 2.75) is 0 Å². The van der Waals surface area contributed by atoms with Gasteiger partial charge in [0.25, 0.3) is 0 Å². The summed E-state index contributed by atoms with van der Waals surface area (Å²) in [5.74, 6) is 0. The van der Waals surface area contributed by atoms with E-state index in [0.29, 0.717) is 0 Å². The largest absolute Gasteiger partial charge is 0.363 e. The van der Waals surface area contributed by atoms with Gasteiger partial charge in [0.15, 0.2) is 0 Å². The summed E-state index contributed by atoms with van der Waals surface area (Å²) in [6.07, 6.45) is 3.34. The van der Waals surface area contributed by atoms with Crippen LogP contribution in [0.4, 0.5) is 0 Å². The maximum Gasteiger partial charge on any atom is 0.145 e. The van der Waals surface area contributed by atoms with Gasteiger partial charge in [-0.1, -0.05) is 11.2 Å². The first-order valence-corrected chi connectivity index (χ1v) is 4.47. The van der Waals surface area contributed by atoms with Gasteiger partial charge in [-0.3, -0.25) is 4.98 Å². The van der Waals surface area contributed by atoms with Gasteiger partial charge >= 0.3 is 0 Å². The highest BCUT2D eigenvalue weighted by Crippen LogP contribution is 2.20. The second kappa shape index (κ2) is 3.22. The number of pyridine rings is 1. The van der Waals surface area contributed by atoms with Crippen molar-refractivity contribution in [2.24, 2.45) is 0 Å². The molecule has 0 bridgehead atoms. The zero-order valence-corrected chi connectivity index (χ0v) is 8.22. The molecule has 0 N–H and O–H groups in total. The van der Waals surface area contributed by atoms with Crippen molar-refractivity contribution in [2.75, 3.05) is 0 Å². The van der Waals surface area contributed by atoms with Gasteiger partial charge in [-0.05, 0) is 34.7 Å². The van der Waals surface area contributed by atoms with Crippen LogP contribution in [0.25, 0.3) is 11.4 Å². The lowest BCUT2D eigenvalue weighted by Gasteiger charge is -1.92. The van der Waals surface area contributed by atoms with E-state index >= 15 is 0 Å². The molecule has 0 fully saturated rings. The quantitative estimate of drug-likeness (QED) is 0.748. The van der Waals surface area contributed by atoms with Crippen molar-refractivity contribution in [1.82, 2.24) is 10.1 Å². The molecule has 0 saturated carbocycles. The number of aromatic nitrogens is 2. The Morgan fingerprint density at radius 3 is 2.83 bits per heavy atom. The fourth-order valence-electron chi connectivity index (χ4n) is 0.897. The predicted octanol–water partition coefficient (Wildman–Crippen LogP) is 2.34. The molecule has 0 radical (unpaired) electrons. The topological polar surface area (TPSA) is 38.9 Å². The third-order valence-corrected chi connectivity index (χ3v) is 2.20. The summed E-state index contributed by atoms with van der Waals surface area (Å²) in [6, 6.07) is 5.70. The van der Waals surface area contributed by atoms with E-state index in [9.17, 15) is 0 Å². The smallest absolute Gasteiger partial charge is 0.145 e. The fourth-order valence-corrected chi connectivity index (χ4v) is 1.39. The van der Waals surface area contributed by atoms with Crippen LogP contribution in [0.5, 0.6) is 0 Å². The number of hydrogen-bond acceptors (Lipinski definition) is 3. The third-order valence-electron chi connectivity index (χ3n) is 1.43. The lowest BCUT2D eigenvalue weighted by Crippen LogP contribution is -1.82. The molecule has 12 heavy (non-hydrogen) atoms. The summed E-state index contributed by atoms with van der Waals surface area (Å²) in [5, 5.41) is 3.84. The van der Waals surface area contributed by atoms with Crippen LogP contribution in [-0.2, 0) is 0 Å². The number of hydrogen-bond donors (Lipinski definition) is 0. The van der Waals surface area contributed by atoms with Crippen molar-refractivity contribution in [3.05, 3.63) is 34.2 Å². The van der Waals surface area contributed by atoms with E-state index in [-0.39, 0.29) is 0 Å². The number of halogens is 1. The number of nitrogens with zero attached hydrogens (tertiary/aromatic N) is 2. The van der Waals surface area contributed by atoms with Crippen LogP contribution in [0, 0.1) is 3.57 Å². The Morgan fingerprint density at radius 1 is 1.33 bits per heavy atom. The third kappa shape index (κ3) is 1.34. The Kier molecular flexibility index (Phi) is 2.07. The molecule has 0 saturated heterocycles. The van der Waals surface area contributed by atoms with Crippen LogP contribution in [0.3, 0.4) is 0 Å². The summed E-state index contributed by atoms with van der Waals surface area (Å²) < 4.78 is 5.78. The van der Waals surface area contributed by atoms with Gasteiger partial charge in [0.05, 0.1) is 9.26 Å². The van der Waals surface area contributed by atoms with E-state index in [1.165, 1.54) is 0 Å². The van der Waals surface area contributed by atoms with Crippen LogP contribution < -0.4 is 0 Å². The molecule has 2 rings (SSSR count). The maximum absolute atomic E-state index is 4.80. The second-order valence-electron chi connectivity index (χ2n) is 2.23. The van der Waals surface area contributed by atoms with Gasteiger partial charge < -0.3 is 4.52 Å². The molecular formula is C8H5IN2O. The number of rotatable bonds is 1. The minimum absolute atomic E-state index is 0.802. The predicted molar refractivity (Wildman–Crippen MR) is 52.5 cm³/mol.